The van der Waals surface area contributed by atoms with E-state index in [9.17, 15) is 18.0 Å². The molecule has 1 atom stereocenters. The first-order valence-electron chi connectivity index (χ1n) is 11.7. The van der Waals surface area contributed by atoms with Gasteiger partial charge in [-0.15, -0.1) is 0 Å². The molecular formula is C25H23F3N6O2. The number of nitrogens with zero attached hydrogens (tertiary/aromatic N) is 6. The number of fused-ring (bicyclic) bond motifs is 1. The summed E-state index contributed by atoms with van der Waals surface area (Å²) in [6.07, 6.45) is 5.75. The average molecular weight is 496 g/mol. The third-order valence-electron chi connectivity index (χ3n) is 6.84. The minimum absolute atomic E-state index is 0.0238. The molecule has 2 fully saturated rings. The molecule has 4 aromatic rings. The number of halogens is 3. The van der Waals surface area contributed by atoms with E-state index in [2.05, 4.69) is 15.1 Å². The fourth-order valence-corrected chi connectivity index (χ4v) is 4.54. The first kappa shape index (κ1) is 22.7. The van der Waals surface area contributed by atoms with Gasteiger partial charge in [0.15, 0.2) is 11.6 Å². The SMILES string of the molecule is Cc1nc2c(-c3cc(F)c(F)cc3F)nc(N3CCO[C@@H](c4cnn(C5CC5)c4)C3)cc2c(=O)n1C. The summed E-state index contributed by atoms with van der Waals surface area (Å²) in [4.78, 5) is 24.1. The van der Waals surface area contributed by atoms with Crippen molar-refractivity contribution in [1.29, 1.82) is 0 Å². The first-order valence-corrected chi connectivity index (χ1v) is 11.7. The molecule has 186 valence electrons. The van der Waals surface area contributed by atoms with Gasteiger partial charge in [-0.25, -0.2) is 23.1 Å². The first-order chi connectivity index (χ1) is 17.3. The standard InChI is InChI=1S/C25H23F3N6O2/c1-13-30-24-17(25(35)32(13)2)8-22(31-23(24)16-7-19(27)20(28)9-18(16)26)33-5-6-36-21(12-33)14-10-29-34(11-14)15-3-4-15/h7-11,15,21H,3-6,12H2,1-2H3/t21-/m1/s1. The van der Waals surface area contributed by atoms with Crippen molar-refractivity contribution in [2.45, 2.75) is 31.9 Å². The van der Waals surface area contributed by atoms with Crippen molar-refractivity contribution in [2.75, 3.05) is 24.6 Å². The topological polar surface area (TPSA) is 78.1 Å². The van der Waals surface area contributed by atoms with Gasteiger partial charge in [-0.3, -0.25) is 14.0 Å². The fraction of sp³-hybridized carbons (Fsp3) is 0.360. The summed E-state index contributed by atoms with van der Waals surface area (Å²) in [6.45, 7) is 2.94. The van der Waals surface area contributed by atoms with Crippen molar-refractivity contribution in [1.82, 2.24) is 24.3 Å². The molecule has 8 nitrogen and oxygen atoms in total. The molecule has 1 aliphatic heterocycles. The second-order valence-electron chi connectivity index (χ2n) is 9.28. The molecule has 6 rings (SSSR count). The van der Waals surface area contributed by atoms with Crippen molar-refractivity contribution in [3.05, 3.63) is 69.8 Å². The van der Waals surface area contributed by atoms with Gasteiger partial charge in [0.25, 0.3) is 5.56 Å². The Hall–Kier alpha value is -3.73. The van der Waals surface area contributed by atoms with Gasteiger partial charge in [-0.2, -0.15) is 5.10 Å². The van der Waals surface area contributed by atoms with Crippen LogP contribution in [0.3, 0.4) is 0 Å². The van der Waals surface area contributed by atoms with Crippen LogP contribution in [0, 0.1) is 24.4 Å². The Morgan fingerprint density at radius 1 is 1.06 bits per heavy atom. The van der Waals surface area contributed by atoms with Gasteiger partial charge in [0.1, 0.15) is 34.8 Å². The Bertz CT molecular complexity index is 1560. The highest BCUT2D eigenvalue weighted by Crippen LogP contribution is 2.36. The van der Waals surface area contributed by atoms with Crippen LogP contribution < -0.4 is 10.5 Å². The van der Waals surface area contributed by atoms with Crippen LogP contribution in [0.5, 0.6) is 0 Å². The molecule has 3 aromatic heterocycles. The lowest BCUT2D eigenvalue weighted by Crippen LogP contribution is -2.39. The Kier molecular flexibility index (Phi) is 5.32. The lowest BCUT2D eigenvalue weighted by Gasteiger charge is -2.33. The predicted molar refractivity (Wildman–Crippen MR) is 126 cm³/mol. The lowest BCUT2D eigenvalue weighted by atomic mass is 10.1. The number of hydrogen-bond acceptors (Lipinski definition) is 6. The van der Waals surface area contributed by atoms with Crippen LogP contribution in [0.25, 0.3) is 22.2 Å². The summed E-state index contributed by atoms with van der Waals surface area (Å²) in [5.74, 6) is -2.74. The summed E-state index contributed by atoms with van der Waals surface area (Å²) in [7, 11) is 1.59. The normalized spacial score (nSPS) is 18.2. The fourth-order valence-electron chi connectivity index (χ4n) is 4.54. The Balaban J connectivity index is 1.47. The number of anilines is 1. The smallest absolute Gasteiger partial charge is 0.261 e. The number of hydrogen-bond donors (Lipinski definition) is 0. The van der Waals surface area contributed by atoms with Crippen molar-refractivity contribution in [3.8, 4) is 11.3 Å². The minimum atomic E-state index is -1.31. The van der Waals surface area contributed by atoms with E-state index in [1.165, 1.54) is 4.57 Å². The molecule has 36 heavy (non-hydrogen) atoms. The quantitative estimate of drug-likeness (QED) is 0.400. The zero-order valence-corrected chi connectivity index (χ0v) is 19.7. The third-order valence-corrected chi connectivity index (χ3v) is 6.84. The van der Waals surface area contributed by atoms with E-state index >= 15 is 0 Å². The van der Waals surface area contributed by atoms with Crippen LogP contribution in [-0.2, 0) is 11.8 Å². The Labute approximate surface area is 204 Å². The number of rotatable bonds is 4. The number of morpholine rings is 1. The van der Waals surface area contributed by atoms with Crippen molar-refractivity contribution in [3.63, 3.8) is 0 Å². The molecule has 0 N–H and O–H groups in total. The summed E-state index contributed by atoms with van der Waals surface area (Å²) in [5, 5.41) is 4.65. The maximum absolute atomic E-state index is 14.9. The van der Waals surface area contributed by atoms with E-state index in [0.29, 0.717) is 43.4 Å². The monoisotopic (exact) mass is 496 g/mol. The third kappa shape index (κ3) is 3.83. The summed E-state index contributed by atoms with van der Waals surface area (Å²) < 4.78 is 52.0. The molecule has 0 unspecified atom stereocenters. The van der Waals surface area contributed by atoms with Crippen molar-refractivity contribution < 1.29 is 17.9 Å². The zero-order chi connectivity index (χ0) is 25.1. The molecule has 1 aromatic carbocycles. The highest BCUT2D eigenvalue weighted by molar-refractivity contribution is 5.93. The van der Waals surface area contributed by atoms with Gasteiger partial charge in [0.2, 0.25) is 0 Å². The van der Waals surface area contributed by atoms with Crippen LogP contribution in [-0.4, -0.2) is 44.0 Å². The molecule has 1 aliphatic carbocycles. The molecular weight excluding hydrogens is 473 g/mol. The van der Waals surface area contributed by atoms with Gasteiger partial charge in [0.05, 0.1) is 24.2 Å². The molecule has 0 bridgehead atoms. The second kappa shape index (κ2) is 8.44. The van der Waals surface area contributed by atoms with Crippen LogP contribution in [0.4, 0.5) is 19.0 Å². The second-order valence-corrected chi connectivity index (χ2v) is 9.28. The molecule has 11 heteroatoms. The highest BCUT2D eigenvalue weighted by Gasteiger charge is 2.29. The van der Waals surface area contributed by atoms with Gasteiger partial charge >= 0.3 is 0 Å². The van der Waals surface area contributed by atoms with Crippen LogP contribution in [0.15, 0.2) is 35.4 Å². The van der Waals surface area contributed by atoms with Crippen molar-refractivity contribution in [2.24, 2.45) is 7.05 Å². The van der Waals surface area contributed by atoms with Crippen LogP contribution in [0.1, 0.15) is 36.4 Å². The largest absolute Gasteiger partial charge is 0.370 e. The average Bonchev–Trinajstić information content (AvgIpc) is 3.61. The van der Waals surface area contributed by atoms with E-state index in [1.807, 2.05) is 15.8 Å². The molecule has 0 spiro atoms. The van der Waals surface area contributed by atoms with E-state index in [0.717, 1.165) is 24.5 Å². The summed E-state index contributed by atoms with van der Waals surface area (Å²) in [6, 6.07) is 3.28. The number of pyridine rings is 1. The number of benzene rings is 1. The minimum Gasteiger partial charge on any atom is -0.370 e. The molecule has 1 saturated heterocycles. The number of ether oxygens (including phenoxy) is 1. The maximum Gasteiger partial charge on any atom is 0.261 e. The van der Waals surface area contributed by atoms with Gasteiger partial charge in [-0.05, 0) is 31.9 Å². The van der Waals surface area contributed by atoms with Gasteiger partial charge in [-0.1, -0.05) is 0 Å². The highest BCUT2D eigenvalue weighted by atomic mass is 19.2. The predicted octanol–water partition coefficient (Wildman–Crippen LogP) is 3.83. The number of aromatic nitrogens is 5. The lowest BCUT2D eigenvalue weighted by molar-refractivity contribution is 0.0395. The Morgan fingerprint density at radius 3 is 2.61 bits per heavy atom. The van der Waals surface area contributed by atoms with Gasteiger partial charge in [0, 0.05) is 43.5 Å². The van der Waals surface area contributed by atoms with E-state index in [-0.39, 0.29) is 33.8 Å². The zero-order valence-electron chi connectivity index (χ0n) is 19.7. The summed E-state index contributed by atoms with van der Waals surface area (Å²) >= 11 is 0. The van der Waals surface area contributed by atoms with Gasteiger partial charge < -0.3 is 9.64 Å². The molecule has 2 aliphatic rings. The van der Waals surface area contributed by atoms with E-state index < -0.39 is 17.5 Å². The van der Waals surface area contributed by atoms with Crippen molar-refractivity contribution >= 4 is 16.7 Å². The van der Waals surface area contributed by atoms with Crippen LogP contribution in [0.2, 0.25) is 0 Å². The molecule has 1 saturated carbocycles. The van der Waals surface area contributed by atoms with Crippen LogP contribution >= 0.6 is 0 Å². The molecule has 0 amide bonds. The van der Waals surface area contributed by atoms with E-state index in [4.69, 9.17) is 4.74 Å². The summed E-state index contributed by atoms with van der Waals surface area (Å²) in [5.41, 5.74) is 0.425. The van der Waals surface area contributed by atoms with E-state index in [1.54, 1.807) is 26.2 Å². The number of aryl methyl sites for hydroxylation is 1. The molecule has 4 heterocycles. The maximum atomic E-state index is 14.9. The molecule has 0 radical (unpaired) electrons. The Morgan fingerprint density at radius 2 is 1.83 bits per heavy atom.